The minimum atomic E-state index is 0. The molecule has 0 heterocycles. The average molecular weight is 680 g/mol. The average Bonchev–Trinajstić information content (AvgIpc) is 3.81. The van der Waals surface area contributed by atoms with Gasteiger partial charge in [-0.1, -0.05) is 62.3 Å². The Labute approximate surface area is 301 Å². The molecule has 0 aromatic heterocycles. The third kappa shape index (κ3) is 9.54. The summed E-state index contributed by atoms with van der Waals surface area (Å²) >= 11 is 2.16. The van der Waals surface area contributed by atoms with E-state index in [1.807, 2.05) is 24.3 Å². The van der Waals surface area contributed by atoms with Crippen molar-refractivity contribution in [1.29, 1.82) is 0 Å². The van der Waals surface area contributed by atoms with Crippen LogP contribution in [0, 0.1) is 12.1 Å². The van der Waals surface area contributed by atoms with Gasteiger partial charge in [0.15, 0.2) is 0 Å². The van der Waals surface area contributed by atoms with Gasteiger partial charge >= 0.3 is 95.6 Å². The van der Waals surface area contributed by atoms with Crippen molar-refractivity contribution in [2.45, 2.75) is 88.9 Å². The van der Waals surface area contributed by atoms with Crippen LogP contribution in [0.5, 0.6) is 0 Å². The first kappa shape index (κ1) is 36.4. The molecule has 236 valence electrons. The first-order valence-electron chi connectivity index (χ1n) is 16.9. The Balaban J connectivity index is 0.000000193. The number of hydrogen-bond donors (Lipinski definition) is 0. The zero-order valence-electron chi connectivity index (χ0n) is 26.8. The van der Waals surface area contributed by atoms with Crippen LogP contribution >= 0.6 is 0 Å². The fourth-order valence-corrected chi connectivity index (χ4v) is 7.74. The van der Waals surface area contributed by atoms with Gasteiger partial charge in [-0.15, -0.1) is 17.5 Å². The van der Waals surface area contributed by atoms with Crippen molar-refractivity contribution in [2.75, 3.05) is 0 Å². The Morgan fingerprint density at radius 3 is 1.76 bits per heavy atom. The molecule has 2 fully saturated rings. The van der Waals surface area contributed by atoms with Gasteiger partial charge in [0.05, 0.1) is 0 Å². The molecule has 0 bridgehead atoms. The predicted molar refractivity (Wildman–Crippen MR) is 183 cm³/mol. The van der Waals surface area contributed by atoms with E-state index in [1.165, 1.54) is 101 Å². The standard InChI is InChI=1S/C25H29.C13H10.C5H5.2ClH.Ti/c1-3-7-18(8-4-1)20-11-13-24-22(15-20)17-23-16-21(12-14-25(23)24)19-9-5-2-6-10-19;1-3-7-12(8-4-1)11-13-9-5-2-6-10-13;1-2-4-5-3-1;;;/h11-15,18-19H,1-10,17H2;1-10H;1-3H,4H2;2*1H;/q-1;;-1;;;+2/p-2. The summed E-state index contributed by atoms with van der Waals surface area (Å²) in [4.78, 5) is 0. The molecule has 0 unspecified atom stereocenters. The van der Waals surface area contributed by atoms with E-state index < -0.39 is 0 Å². The van der Waals surface area contributed by atoms with Crippen molar-refractivity contribution in [3.63, 3.8) is 0 Å². The second-order valence-electron chi connectivity index (χ2n) is 12.7. The maximum Gasteiger partial charge on any atom is -0.0162 e. The van der Waals surface area contributed by atoms with E-state index in [1.54, 1.807) is 11.1 Å². The molecule has 46 heavy (non-hydrogen) atoms. The van der Waals surface area contributed by atoms with Crippen LogP contribution in [0.2, 0.25) is 0 Å². The second kappa shape index (κ2) is 18.8. The van der Waals surface area contributed by atoms with Gasteiger partial charge in [-0.05, 0) is 55.1 Å². The minimum Gasteiger partial charge on any atom is -0.176 e. The van der Waals surface area contributed by atoms with Crippen molar-refractivity contribution in [3.05, 3.63) is 155 Å². The van der Waals surface area contributed by atoms with Crippen molar-refractivity contribution < 1.29 is 44.8 Å². The van der Waals surface area contributed by atoms with Crippen LogP contribution < -0.4 is 24.8 Å². The van der Waals surface area contributed by atoms with E-state index in [4.69, 9.17) is 0 Å². The fourth-order valence-electron chi connectivity index (χ4n) is 7.22. The Bertz CT molecular complexity index is 1460. The van der Waals surface area contributed by atoms with Gasteiger partial charge < -0.3 is 24.8 Å². The zero-order valence-corrected chi connectivity index (χ0v) is 29.9. The van der Waals surface area contributed by atoms with Crippen molar-refractivity contribution >= 4 is 3.81 Å². The Kier molecular flexibility index (Phi) is 14.8. The van der Waals surface area contributed by atoms with E-state index in [9.17, 15) is 0 Å². The molecule has 3 heteroatoms. The number of halogens is 2. The molecule has 4 aliphatic carbocycles. The summed E-state index contributed by atoms with van der Waals surface area (Å²) < 4.78 is 1.33. The van der Waals surface area contributed by atoms with E-state index in [-0.39, 0.29) is 24.8 Å². The van der Waals surface area contributed by atoms with Crippen LogP contribution in [0.3, 0.4) is 0 Å². The van der Waals surface area contributed by atoms with E-state index in [2.05, 4.69) is 117 Å². The molecule has 0 N–H and O–H groups in total. The molecule has 4 aliphatic rings. The molecule has 0 amide bonds. The topological polar surface area (TPSA) is 0 Å². The number of allylic oxidation sites excluding steroid dienone is 4. The molecule has 2 saturated carbocycles. The van der Waals surface area contributed by atoms with Gasteiger partial charge in [-0.3, -0.25) is 6.08 Å². The quantitative estimate of drug-likeness (QED) is 0.180. The smallest absolute Gasteiger partial charge is 0.0162 e. The molecule has 0 radical (unpaired) electrons. The predicted octanol–water partition coefficient (Wildman–Crippen LogP) is 5.27. The van der Waals surface area contributed by atoms with Crippen LogP contribution in [-0.4, -0.2) is 3.81 Å². The van der Waals surface area contributed by atoms with Crippen LogP contribution in [-0.2, 0) is 26.4 Å². The van der Waals surface area contributed by atoms with Gasteiger partial charge in [0.25, 0.3) is 0 Å². The maximum absolute atomic E-state index is 3.84. The molecule has 8 rings (SSSR count). The largest absolute Gasteiger partial charge is 0.176 e. The van der Waals surface area contributed by atoms with Crippen LogP contribution in [0.1, 0.15) is 116 Å². The molecular formula is C43H44Cl2Ti-2. The van der Waals surface area contributed by atoms with Gasteiger partial charge in [0, 0.05) is 0 Å². The van der Waals surface area contributed by atoms with Crippen molar-refractivity contribution in [1.82, 2.24) is 0 Å². The Morgan fingerprint density at radius 2 is 1.22 bits per heavy atom. The molecule has 0 saturated heterocycles. The second-order valence-corrected chi connectivity index (χ2v) is 13.5. The molecule has 4 aromatic carbocycles. The number of fused-ring (bicyclic) bond motifs is 3. The summed E-state index contributed by atoms with van der Waals surface area (Å²) in [6.45, 7) is 0. The zero-order chi connectivity index (χ0) is 30.0. The number of hydrogen-bond acceptors (Lipinski definition) is 0. The summed E-state index contributed by atoms with van der Waals surface area (Å²) in [5, 5.41) is 0. The number of rotatable bonds is 4. The molecule has 0 aliphatic heterocycles. The molecule has 4 aromatic rings. The normalized spacial score (nSPS) is 16.4. The van der Waals surface area contributed by atoms with Crippen molar-refractivity contribution in [3.8, 4) is 11.1 Å². The van der Waals surface area contributed by atoms with Gasteiger partial charge in [-0.25, -0.2) is 12.2 Å². The van der Waals surface area contributed by atoms with E-state index >= 15 is 0 Å². The molecular weight excluding hydrogens is 635 g/mol. The minimum absolute atomic E-state index is 0. The van der Waals surface area contributed by atoms with Crippen molar-refractivity contribution in [2.24, 2.45) is 0 Å². The molecule has 0 spiro atoms. The summed E-state index contributed by atoms with van der Waals surface area (Å²) in [6, 6.07) is 36.9. The van der Waals surface area contributed by atoms with Gasteiger partial charge in [-0.2, -0.15) is 29.8 Å². The maximum atomic E-state index is 3.84. The molecule has 0 nitrogen and oxygen atoms in total. The molecule has 0 atom stereocenters. The first-order valence-corrected chi connectivity index (χ1v) is 17.6. The third-order valence-electron chi connectivity index (χ3n) is 9.67. The summed E-state index contributed by atoms with van der Waals surface area (Å²) in [5.41, 5.74) is 11.6. The van der Waals surface area contributed by atoms with Crippen LogP contribution in [0.15, 0.2) is 109 Å². The first-order chi connectivity index (χ1) is 21.8. The van der Waals surface area contributed by atoms with Gasteiger partial charge in [0.2, 0.25) is 0 Å². The van der Waals surface area contributed by atoms with Crippen LogP contribution in [0.25, 0.3) is 11.1 Å². The van der Waals surface area contributed by atoms with Gasteiger partial charge in [0.1, 0.15) is 0 Å². The summed E-state index contributed by atoms with van der Waals surface area (Å²) in [5.74, 6) is 1.57. The van der Waals surface area contributed by atoms with E-state index in [0.717, 1.165) is 24.7 Å². The SMILES string of the molecule is [C-]1=CC=CC1.[Cl-].[Cl-].[Ti+2]=[C](c1ccccc1)c1ccccc1.[c-]1c(C2CCCCC2)ccc2c1Cc1cc(C3CCCCC3)ccc1-2. The summed E-state index contributed by atoms with van der Waals surface area (Å²) in [6.07, 6.45) is 25.1. The van der Waals surface area contributed by atoms with Crippen LogP contribution in [0.4, 0.5) is 0 Å². The fraction of sp³-hybridized carbons (Fsp3) is 0.326. The number of benzene rings is 4. The van der Waals surface area contributed by atoms with E-state index in [0.29, 0.717) is 0 Å². The Morgan fingerprint density at radius 1 is 0.630 bits per heavy atom. The monoisotopic (exact) mass is 678 g/mol. The third-order valence-corrected chi connectivity index (χ3v) is 10.6. The Hall–Kier alpha value is -2.48. The summed E-state index contributed by atoms with van der Waals surface area (Å²) in [7, 11) is 0.